The second-order valence-corrected chi connectivity index (χ2v) is 3.85. The van der Waals surface area contributed by atoms with Crippen LogP contribution in [-0.4, -0.2) is 25.1 Å². The van der Waals surface area contributed by atoms with Crippen LogP contribution in [0.3, 0.4) is 0 Å². The van der Waals surface area contributed by atoms with Gasteiger partial charge in [-0.15, -0.1) is 6.42 Å². The van der Waals surface area contributed by atoms with E-state index in [1.54, 1.807) is 0 Å². The summed E-state index contributed by atoms with van der Waals surface area (Å²) >= 11 is 0. The number of terminal acetylenes is 1. The molecular formula is C13H12F3NO2. The number of ether oxygens (including phenoxy) is 1. The minimum absolute atomic E-state index is 0.203. The van der Waals surface area contributed by atoms with Gasteiger partial charge < -0.3 is 9.84 Å². The van der Waals surface area contributed by atoms with Gasteiger partial charge in [0, 0.05) is 11.6 Å². The Hall–Kier alpha value is -2.00. The van der Waals surface area contributed by atoms with Crippen LogP contribution in [0.25, 0.3) is 0 Å². The van der Waals surface area contributed by atoms with Gasteiger partial charge >= 0.3 is 6.18 Å². The number of alkyl halides is 3. The van der Waals surface area contributed by atoms with Crippen molar-refractivity contribution >= 4 is 12.4 Å². The van der Waals surface area contributed by atoms with E-state index >= 15 is 0 Å². The van der Waals surface area contributed by atoms with Crippen LogP contribution in [-0.2, 0) is 5.60 Å². The molecule has 1 aromatic rings. The zero-order valence-electron chi connectivity index (χ0n) is 10.4. The summed E-state index contributed by atoms with van der Waals surface area (Å²) in [6.07, 6.45) is -0.165. The molecule has 6 heteroatoms. The lowest BCUT2D eigenvalue weighted by Crippen LogP contribution is -2.41. The Kier molecular flexibility index (Phi) is 3.91. The predicted octanol–water partition coefficient (Wildman–Crippen LogP) is 2.72. The first-order valence-corrected chi connectivity index (χ1v) is 5.14. The molecule has 0 radical (unpaired) electrons. The second kappa shape index (κ2) is 4.94. The van der Waals surface area contributed by atoms with Gasteiger partial charge in [0.15, 0.2) is 0 Å². The Bertz CT molecular complexity index is 546. The molecule has 0 fully saturated rings. The van der Waals surface area contributed by atoms with Crippen molar-refractivity contribution in [3.05, 3.63) is 23.3 Å². The Morgan fingerprint density at radius 2 is 2.00 bits per heavy atom. The molecule has 19 heavy (non-hydrogen) atoms. The van der Waals surface area contributed by atoms with E-state index < -0.39 is 17.3 Å². The van der Waals surface area contributed by atoms with Crippen molar-refractivity contribution in [3.63, 3.8) is 0 Å². The highest BCUT2D eigenvalue weighted by atomic mass is 19.4. The van der Waals surface area contributed by atoms with E-state index in [2.05, 4.69) is 11.7 Å². The van der Waals surface area contributed by atoms with Gasteiger partial charge in [-0.05, 0) is 25.3 Å². The monoisotopic (exact) mass is 271 g/mol. The number of benzene rings is 1. The van der Waals surface area contributed by atoms with Crippen molar-refractivity contribution in [3.8, 4) is 18.1 Å². The van der Waals surface area contributed by atoms with Gasteiger partial charge in [0.1, 0.15) is 5.75 Å². The molecule has 3 nitrogen and oxygen atoms in total. The lowest BCUT2D eigenvalue weighted by Gasteiger charge is -2.27. The topological polar surface area (TPSA) is 41.8 Å². The average molecular weight is 271 g/mol. The highest BCUT2D eigenvalue weighted by Gasteiger charge is 2.55. The van der Waals surface area contributed by atoms with Crippen LogP contribution in [0.5, 0.6) is 5.75 Å². The molecule has 1 aromatic carbocycles. The number of hydrogen-bond acceptors (Lipinski definition) is 3. The second-order valence-electron chi connectivity index (χ2n) is 3.85. The van der Waals surface area contributed by atoms with Crippen LogP contribution >= 0.6 is 0 Å². The van der Waals surface area contributed by atoms with Crippen LogP contribution in [0, 0.1) is 19.3 Å². The van der Waals surface area contributed by atoms with E-state index in [1.807, 2.05) is 0 Å². The molecule has 0 spiro atoms. The van der Waals surface area contributed by atoms with E-state index in [9.17, 15) is 18.3 Å². The minimum Gasteiger partial charge on any atom is -0.496 e. The van der Waals surface area contributed by atoms with Gasteiger partial charge in [-0.25, -0.2) is 0 Å². The molecular weight excluding hydrogens is 259 g/mol. The number of methoxy groups -OCH3 is 1. The maximum Gasteiger partial charge on any atom is 0.433 e. The standard InChI is InChI=1S/C13H12F3NO2/c1-5-12(18,13(14,15)16)9-6-8(2)10(17-3)7-11(9)19-4/h1,6-7,18H,3H2,2,4H3. The fourth-order valence-corrected chi connectivity index (χ4v) is 1.61. The zero-order chi connectivity index (χ0) is 14.8. The molecule has 1 atom stereocenters. The fraction of sp³-hybridized carbons (Fsp3) is 0.308. The number of nitrogens with zero attached hydrogens (tertiary/aromatic N) is 1. The summed E-state index contributed by atoms with van der Waals surface area (Å²) < 4.78 is 43.7. The van der Waals surface area contributed by atoms with Crippen molar-refractivity contribution in [2.75, 3.05) is 7.11 Å². The summed E-state index contributed by atoms with van der Waals surface area (Å²) in [5, 5.41) is 9.74. The SMILES string of the molecule is C#CC(O)(c1cc(C)c(N=C)cc1OC)C(F)(F)F. The maximum atomic E-state index is 12.9. The third-order valence-electron chi connectivity index (χ3n) is 2.70. The summed E-state index contributed by atoms with van der Waals surface area (Å²) in [5.74, 6) is 1.18. The van der Waals surface area contributed by atoms with Crippen LogP contribution < -0.4 is 4.74 Å². The first-order valence-electron chi connectivity index (χ1n) is 5.14. The highest BCUT2D eigenvalue weighted by Crippen LogP contribution is 2.44. The van der Waals surface area contributed by atoms with E-state index in [-0.39, 0.29) is 5.75 Å². The summed E-state index contributed by atoms with van der Waals surface area (Å²) in [6.45, 7) is 4.83. The Morgan fingerprint density at radius 3 is 2.37 bits per heavy atom. The number of halogens is 3. The van der Waals surface area contributed by atoms with Gasteiger partial charge in [0.25, 0.3) is 5.60 Å². The van der Waals surface area contributed by atoms with E-state index in [0.29, 0.717) is 11.3 Å². The molecule has 0 bridgehead atoms. The zero-order valence-corrected chi connectivity index (χ0v) is 10.4. The molecule has 1 rings (SSSR count). The smallest absolute Gasteiger partial charge is 0.433 e. The quantitative estimate of drug-likeness (QED) is 0.678. The molecule has 1 N–H and O–H groups in total. The number of aliphatic hydroxyl groups is 1. The lowest BCUT2D eigenvalue weighted by molar-refractivity contribution is -0.241. The number of aryl methyl sites for hydroxylation is 1. The van der Waals surface area contributed by atoms with E-state index in [4.69, 9.17) is 11.2 Å². The molecule has 0 saturated carbocycles. The summed E-state index contributed by atoms with van der Waals surface area (Å²) in [6, 6.07) is 2.34. The van der Waals surface area contributed by atoms with Crippen molar-refractivity contribution in [2.24, 2.45) is 4.99 Å². The van der Waals surface area contributed by atoms with E-state index in [0.717, 1.165) is 6.07 Å². The molecule has 1 unspecified atom stereocenters. The highest BCUT2D eigenvalue weighted by molar-refractivity contribution is 5.59. The van der Waals surface area contributed by atoms with Crippen LogP contribution in [0.2, 0.25) is 0 Å². The minimum atomic E-state index is -5.02. The van der Waals surface area contributed by atoms with Gasteiger partial charge in [-0.3, -0.25) is 4.99 Å². The van der Waals surface area contributed by atoms with Crippen molar-refractivity contribution in [1.29, 1.82) is 0 Å². The van der Waals surface area contributed by atoms with Gasteiger partial charge in [0.05, 0.1) is 12.8 Å². The normalized spacial score (nSPS) is 14.4. The van der Waals surface area contributed by atoms with Crippen molar-refractivity contribution in [2.45, 2.75) is 18.7 Å². The summed E-state index contributed by atoms with van der Waals surface area (Å²) in [4.78, 5) is 3.65. The van der Waals surface area contributed by atoms with Crippen LogP contribution in [0.15, 0.2) is 17.1 Å². The number of hydrogen-bond donors (Lipinski definition) is 1. The number of rotatable bonds is 3. The van der Waals surface area contributed by atoms with Gasteiger partial charge in [-0.1, -0.05) is 5.92 Å². The molecule has 0 saturated heterocycles. The Balaban J connectivity index is 3.63. The van der Waals surface area contributed by atoms with Crippen molar-refractivity contribution in [1.82, 2.24) is 0 Å². The molecule has 0 heterocycles. The summed E-state index contributed by atoms with van der Waals surface area (Å²) in [5.41, 5.74) is -3.22. The van der Waals surface area contributed by atoms with E-state index in [1.165, 1.54) is 26.0 Å². The molecule has 0 aromatic heterocycles. The van der Waals surface area contributed by atoms with Crippen LogP contribution in [0.1, 0.15) is 11.1 Å². The van der Waals surface area contributed by atoms with Crippen LogP contribution in [0.4, 0.5) is 18.9 Å². The van der Waals surface area contributed by atoms with Gasteiger partial charge in [-0.2, -0.15) is 13.2 Å². The first-order chi connectivity index (χ1) is 8.71. The first kappa shape index (κ1) is 15.1. The Labute approximate surface area is 108 Å². The lowest BCUT2D eigenvalue weighted by atomic mass is 9.91. The molecule has 102 valence electrons. The van der Waals surface area contributed by atoms with Crippen molar-refractivity contribution < 1.29 is 23.0 Å². The third kappa shape index (κ3) is 2.42. The average Bonchev–Trinajstić information content (AvgIpc) is 2.36. The Morgan fingerprint density at radius 1 is 1.42 bits per heavy atom. The predicted molar refractivity (Wildman–Crippen MR) is 65.7 cm³/mol. The number of aliphatic imine (C=N–C) groups is 1. The maximum absolute atomic E-state index is 12.9. The van der Waals surface area contributed by atoms with Gasteiger partial charge in [0.2, 0.25) is 0 Å². The molecule has 0 aliphatic carbocycles. The summed E-state index contributed by atoms with van der Waals surface area (Å²) in [7, 11) is 1.17. The third-order valence-corrected chi connectivity index (χ3v) is 2.70. The molecule has 0 amide bonds. The molecule has 0 aliphatic rings. The largest absolute Gasteiger partial charge is 0.496 e. The fourth-order valence-electron chi connectivity index (χ4n) is 1.61. The molecule has 0 aliphatic heterocycles.